The zero-order valence-corrected chi connectivity index (χ0v) is 9.35. The van der Waals surface area contributed by atoms with E-state index in [2.05, 4.69) is 39.9 Å². The van der Waals surface area contributed by atoms with Gasteiger partial charge in [-0.15, -0.1) is 0 Å². The second kappa shape index (κ2) is 3.32. The fourth-order valence-corrected chi connectivity index (χ4v) is 1.41. The second-order valence-electron chi connectivity index (χ2n) is 5.29. The summed E-state index contributed by atoms with van der Waals surface area (Å²) in [4.78, 5) is 11.6. The molecule has 1 aliphatic carbocycles. The van der Waals surface area contributed by atoms with Gasteiger partial charge in [0, 0.05) is 12.0 Å². The van der Waals surface area contributed by atoms with Crippen LogP contribution in [0.25, 0.3) is 0 Å². The maximum Gasteiger partial charge on any atom is 0.223 e. The largest absolute Gasteiger partial charge is 0.353 e. The first-order valence-corrected chi connectivity index (χ1v) is 5.15. The van der Waals surface area contributed by atoms with Gasteiger partial charge in [0.1, 0.15) is 0 Å². The standard InChI is InChI=1S/C11H21NO/c1-7(2)8(3)12-10(13)9-6-11(9,4)5/h7-9H,6H2,1-5H3,(H,12,13)/t8-,9-/m1/s1. The number of carbonyl (C=O) groups is 1. The summed E-state index contributed by atoms with van der Waals surface area (Å²) in [5, 5.41) is 3.06. The lowest BCUT2D eigenvalue weighted by molar-refractivity contribution is -0.123. The van der Waals surface area contributed by atoms with Crippen LogP contribution in [0.3, 0.4) is 0 Å². The number of nitrogens with one attached hydrogen (secondary N) is 1. The highest BCUT2D eigenvalue weighted by Crippen LogP contribution is 2.51. The first kappa shape index (κ1) is 10.6. The first-order valence-electron chi connectivity index (χ1n) is 5.15. The molecule has 0 aromatic heterocycles. The lowest BCUT2D eigenvalue weighted by Gasteiger charge is -2.17. The summed E-state index contributed by atoms with van der Waals surface area (Å²) in [5.41, 5.74) is 0.251. The van der Waals surface area contributed by atoms with Crippen LogP contribution in [0.4, 0.5) is 0 Å². The number of carbonyl (C=O) groups excluding carboxylic acids is 1. The maximum atomic E-state index is 11.6. The van der Waals surface area contributed by atoms with Crippen LogP contribution < -0.4 is 5.32 Å². The minimum atomic E-state index is 0.242. The van der Waals surface area contributed by atoms with Crippen LogP contribution in [0.2, 0.25) is 0 Å². The minimum absolute atomic E-state index is 0.242. The van der Waals surface area contributed by atoms with Gasteiger partial charge in [-0.05, 0) is 24.7 Å². The van der Waals surface area contributed by atoms with Gasteiger partial charge in [-0.3, -0.25) is 4.79 Å². The molecule has 0 spiro atoms. The van der Waals surface area contributed by atoms with Crippen LogP contribution >= 0.6 is 0 Å². The Morgan fingerprint density at radius 2 is 1.85 bits per heavy atom. The fraction of sp³-hybridized carbons (Fsp3) is 0.909. The van der Waals surface area contributed by atoms with Crippen molar-refractivity contribution in [2.45, 2.75) is 47.1 Å². The Morgan fingerprint density at radius 3 is 2.15 bits per heavy atom. The molecule has 0 aromatic rings. The smallest absolute Gasteiger partial charge is 0.223 e. The molecule has 1 N–H and O–H groups in total. The van der Waals surface area contributed by atoms with Crippen molar-refractivity contribution in [1.82, 2.24) is 5.32 Å². The molecule has 0 unspecified atom stereocenters. The lowest BCUT2D eigenvalue weighted by Crippen LogP contribution is -2.37. The van der Waals surface area contributed by atoms with Gasteiger partial charge in [-0.1, -0.05) is 27.7 Å². The molecule has 1 fully saturated rings. The van der Waals surface area contributed by atoms with Crippen LogP contribution in [0.5, 0.6) is 0 Å². The highest BCUT2D eigenvalue weighted by atomic mass is 16.2. The number of hydrogen-bond donors (Lipinski definition) is 1. The van der Waals surface area contributed by atoms with Gasteiger partial charge < -0.3 is 5.32 Å². The van der Waals surface area contributed by atoms with Gasteiger partial charge >= 0.3 is 0 Å². The van der Waals surface area contributed by atoms with E-state index in [-0.39, 0.29) is 17.2 Å². The highest BCUT2D eigenvalue weighted by molar-refractivity contribution is 5.82. The van der Waals surface area contributed by atoms with E-state index in [0.717, 1.165) is 6.42 Å². The third kappa shape index (κ3) is 2.45. The fourth-order valence-electron chi connectivity index (χ4n) is 1.41. The lowest BCUT2D eigenvalue weighted by atomic mass is 10.1. The van der Waals surface area contributed by atoms with Crippen molar-refractivity contribution in [3.8, 4) is 0 Å². The van der Waals surface area contributed by atoms with Gasteiger partial charge in [0.15, 0.2) is 0 Å². The summed E-state index contributed by atoms with van der Waals surface area (Å²) in [7, 11) is 0. The quantitative estimate of drug-likeness (QED) is 0.714. The summed E-state index contributed by atoms with van der Waals surface area (Å²) in [6, 6.07) is 0.295. The summed E-state index contributed by atoms with van der Waals surface area (Å²) in [6.07, 6.45) is 1.05. The summed E-state index contributed by atoms with van der Waals surface area (Å²) >= 11 is 0. The molecule has 0 aliphatic heterocycles. The summed E-state index contributed by atoms with van der Waals surface area (Å²) < 4.78 is 0. The van der Waals surface area contributed by atoms with E-state index in [4.69, 9.17) is 0 Å². The molecule has 13 heavy (non-hydrogen) atoms. The maximum absolute atomic E-state index is 11.6. The topological polar surface area (TPSA) is 29.1 Å². The number of amides is 1. The predicted octanol–water partition coefficient (Wildman–Crippen LogP) is 2.19. The van der Waals surface area contributed by atoms with Crippen LogP contribution in [0, 0.1) is 17.3 Å². The normalized spacial score (nSPS) is 27.1. The SMILES string of the molecule is CC(C)[C@@H](C)NC(=O)[C@H]1CC1(C)C. The molecular weight excluding hydrogens is 162 g/mol. The van der Waals surface area contributed by atoms with Crippen molar-refractivity contribution >= 4 is 5.91 Å². The van der Waals surface area contributed by atoms with Crippen LogP contribution in [-0.2, 0) is 4.79 Å². The van der Waals surface area contributed by atoms with E-state index in [0.29, 0.717) is 12.0 Å². The molecule has 2 atom stereocenters. The van der Waals surface area contributed by atoms with Crippen LogP contribution in [0.15, 0.2) is 0 Å². The van der Waals surface area contributed by atoms with E-state index < -0.39 is 0 Å². The van der Waals surface area contributed by atoms with E-state index in [1.807, 2.05) is 0 Å². The average Bonchev–Trinajstić information content (AvgIpc) is 2.59. The molecule has 0 saturated heterocycles. The molecule has 2 nitrogen and oxygen atoms in total. The molecule has 0 heterocycles. The summed E-state index contributed by atoms with van der Waals surface area (Å²) in [5.74, 6) is 1.02. The predicted molar refractivity (Wildman–Crippen MR) is 54.3 cm³/mol. The zero-order chi connectivity index (χ0) is 10.2. The Morgan fingerprint density at radius 1 is 1.38 bits per heavy atom. The summed E-state index contributed by atoms with van der Waals surface area (Å²) in [6.45, 7) is 10.6. The Bertz CT molecular complexity index is 208. The molecule has 0 bridgehead atoms. The van der Waals surface area contributed by atoms with E-state index >= 15 is 0 Å². The van der Waals surface area contributed by atoms with Crippen molar-refractivity contribution in [3.63, 3.8) is 0 Å². The molecule has 76 valence electrons. The van der Waals surface area contributed by atoms with Gasteiger partial charge in [-0.2, -0.15) is 0 Å². The Labute approximate surface area is 81.1 Å². The van der Waals surface area contributed by atoms with Crippen LogP contribution in [0.1, 0.15) is 41.0 Å². The Balaban J connectivity index is 2.35. The van der Waals surface area contributed by atoms with E-state index in [9.17, 15) is 4.79 Å². The van der Waals surface area contributed by atoms with Gasteiger partial charge in [0.25, 0.3) is 0 Å². The number of hydrogen-bond acceptors (Lipinski definition) is 1. The Kier molecular flexibility index (Phi) is 2.69. The molecule has 0 aromatic carbocycles. The first-order chi connectivity index (χ1) is 5.84. The highest BCUT2D eigenvalue weighted by Gasteiger charge is 2.50. The third-order valence-electron chi connectivity index (χ3n) is 3.20. The van der Waals surface area contributed by atoms with Crippen molar-refractivity contribution in [3.05, 3.63) is 0 Å². The molecule has 1 aliphatic rings. The molecule has 1 amide bonds. The minimum Gasteiger partial charge on any atom is -0.353 e. The second-order valence-corrected chi connectivity index (χ2v) is 5.29. The molecule has 0 radical (unpaired) electrons. The monoisotopic (exact) mass is 183 g/mol. The average molecular weight is 183 g/mol. The van der Waals surface area contributed by atoms with Gasteiger partial charge in [0.05, 0.1) is 0 Å². The van der Waals surface area contributed by atoms with E-state index in [1.54, 1.807) is 0 Å². The van der Waals surface area contributed by atoms with Crippen molar-refractivity contribution in [1.29, 1.82) is 0 Å². The van der Waals surface area contributed by atoms with Gasteiger partial charge in [-0.25, -0.2) is 0 Å². The van der Waals surface area contributed by atoms with Gasteiger partial charge in [0.2, 0.25) is 5.91 Å². The van der Waals surface area contributed by atoms with Crippen molar-refractivity contribution in [2.75, 3.05) is 0 Å². The van der Waals surface area contributed by atoms with Crippen molar-refractivity contribution < 1.29 is 4.79 Å². The number of rotatable bonds is 3. The molecule has 1 saturated carbocycles. The molecule has 2 heteroatoms. The molecular formula is C11H21NO. The van der Waals surface area contributed by atoms with Crippen LogP contribution in [-0.4, -0.2) is 11.9 Å². The Hall–Kier alpha value is -0.530. The van der Waals surface area contributed by atoms with E-state index in [1.165, 1.54) is 0 Å². The zero-order valence-electron chi connectivity index (χ0n) is 9.35. The van der Waals surface area contributed by atoms with Crippen molar-refractivity contribution in [2.24, 2.45) is 17.3 Å². The third-order valence-corrected chi connectivity index (χ3v) is 3.20. The molecule has 1 rings (SSSR count).